The number of amides is 1. The zero-order valence-electron chi connectivity index (χ0n) is 9.12. The molecule has 0 saturated carbocycles. The van der Waals surface area contributed by atoms with Crippen LogP contribution >= 0.6 is 0 Å². The van der Waals surface area contributed by atoms with Crippen molar-refractivity contribution in [1.29, 1.82) is 0 Å². The predicted octanol–water partition coefficient (Wildman–Crippen LogP) is -0.958. The molecule has 7 nitrogen and oxygen atoms in total. The van der Waals surface area contributed by atoms with Gasteiger partial charge in [0.2, 0.25) is 6.41 Å². The van der Waals surface area contributed by atoms with E-state index in [1.807, 2.05) is 0 Å². The number of nitrogens with zero attached hydrogens (tertiary/aromatic N) is 3. The largest absolute Gasteiger partial charge is 0.376 e. The Kier molecular flexibility index (Phi) is 2.90. The Balaban J connectivity index is 2.32. The average molecular weight is 226 g/mol. The molecule has 0 aromatic carbocycles. The molecular formula is C9H14N4O3. The number of nitrogens with one attached hydrogen (secondary N) is 1. The number of aliphatic hydroxyl groups excluding tert-OH is 1. The van der Waals surface area contributed by atoms with Crippen LogP contribution in [0.1, 0.15) is 11.8 Å². The molecule has 1 aromatic rings. The van der Waals surface area contributed by atoms with E-state index in [9.17, 15) is 4.79 Å². The highest BCUT2D eigenvalue weighted by Crippen LogP contribution is 2.40. The average Bonchev–Trinajstić information content (AvgIpc) is 2.98. The van der Waals surface area contributed by atoms with Gasteiger partial charge in [0.05, 0.1) is 12.0 Å². The van der Waals surface area contributed by atoms with Gasteiger partial charge >= 0.3 is 0 Å². The van der Waals surface area contributed by atoms with E-state index in [0.717, 1.165) is 0 Å². The lowest BCUT2D eigenvalue weighted by Crippen LogP contribution is -2.18. The number of rotatable bonds is 5. The second-order valence-electron chi connectivity index (χ2n) is 3.55. The van der Waals surface area contributed by atoms with Gasteiger partial charge in [0.1, 0.15) is 19.1 Å². The molecule has 2 N–H and O–H groups in total. The molecule has 2 atom stereocenters. The number of carbonyl (C=O) groups excluding carboxylic acids is 1. The number of anilines is 1. The number of aromatic nitrogens is 2. The second-order valence-corrected chi connectivity index (χ2v) is 3.55. The predicted molar refractivity (Wildman–Crippen MR) is 55.6 cm³/mol. The van der Waals surface area contributed by atoms with Crippen molar-refractivity contribution in [3.8, 4) is 0 Å². The Hall–Kier alpha value is -1.44. The summed E-state index contributed by atoms with van der Waals surface area (Å²) in [4.78, 5) is 16.1. The zero-order valence-corrected chi connectivity index (χ0v) is 9.12. The van der Waals surface area contributed by atoms with Gasteiger partial charge in [-0.05, 0) is 7.05 Å². The minimum atomic E-state index is -0.189. The molecule has 0 bridgehead atoms. The molecule has 7 heteroatoms. The molecule has 1 saturated heterocycles. The van der Waals surface area contributed by atoms with Crippen molar-refractivity contribution in [2.45, 2.75) is 19.1 Å². The molecule has 0 aliphatic carbocycles. The van der Waals surface area contributed by atoms with Crippen LogP contribution in [0.4, 0.5) is 5.82 Å². The van der Waals surface area contributed by atoms with E-state index in [0.29, 0.717) is 17.9 Å². The topological polar surface area (TPSA) is 82.9 Å². The van der Waals surface area contributed by atoms with Crippen molar-refractivity contribution in [3.05, 3.63) is 12.0 Å². The first-order valence-electron chi connectivity index (χ1n) is 4.89. The molecule has 2 unspecified atom stereocenters. The molecule has 1 amide bonds. The summed E-state index contributed by atoms with van der Waals surface area (Å²) in [5, 5.41) is 12.1. The second kappa shape index (κ2) is 4.20. The van der Waals surface area contributed by atoms with Crippen molar-refractivity contribution in [3.63, 3.8) is 0 Å². The Morgan fingerprint density at radius 1 is 1.81 bits per heavy atom. The number of aliphatic hydroxyl groups is 1. The summed E-state index contributed by atoms with van der Waals surface area (Å²) in [5.41, 5.74) is 0.705. The Morgan fingerprint density at radius 2 is 2.56 bits per heavy atom. The third-order valence-electron chi connectivity index (χ3n) is 2.55. The smallest absolute Gasteiger partial charge is 0.215 e. The van der Waals surface area contributed by atoms with Crippen LogP contribution in [0.3, 0.4) is 0 Å². The van der Waals surface area contributed by atoms with Gasteiger partial charge in [-0.2, -0.15) is 0 Å². The molecule has 2 heterocycles. The fraction of sp³-hybridized carbons (Fsp3) is 0.556. The quantitative estimate of drug-likeness (QED) is 0.499. The van der Waals surface area contributed by atoms with Gasteiger partial charge in [-0.15, -0.1) is 0 Å². The summed E-state index contributed by atoms with van der Waals surface area (Å²) in [6.07, 6.45) is 1.90. The summed E-state index contributed by atoms with van der Waals surface area (Å²) in [7, 11) is 3.39. The molecular weight excluding hydrogens is 212 g/mol. The summed E-state index contributed by atoms with van der Waals surface area (Å²) >= 11 is 0. The first kappa shape index (κ1) is 11.1. The zero-order chi connectivity index (χ0) is 11.7. The molecule has 16 heavy (non-hydrogen) atoms. The van der Waals surface area contributed by atoms with Crippen LogP contribution in [0, 0.1) is 0 Å². The summed E-state index contributed by atoms with van der Waals surface area (Å²) in [5.74, 6) is 0.506. The van der Waals surface area contributed by atoms with E-state index in [1.165, 1.54) is 11.2 Å². The third-order valence-corrected chi connectivity index (χ3v) is 2.55. The van der Waals surface area contributed by atoms with Crippen LogP contribution < -0.4 is 10.2 Å². The van der Waals surface area contributed by atoms with Crippen LogP contribution in [-0.2, 0) is 16.3 Å². The van der Waals surface area contributed by atoms with Crippen molar-refractivity contribution < 1.29 is 14.6 Å². The maximum absolute atomic E-state index is 10.7. The third kappa shape index (κ3) is 1.69. The van der Waals surface area contributed by atoms with E-state index in [-0.39, 0.29) is 19.1 Å². The molecule has 0 spiro atoms. The summed E-state index contributed by atoms with van der Waals surface area (Å²) < 4.78 is 6.92. The first-order chi connectivity index (χ1) is 7.72. The van der Waals surface area contributed by atoms with Crippen LogP contribution in [0.2, 0.25) is 0 Å². The number of imidazole rings is 1. The molecule has 1 aliphatic heterocycles. The normalized spacial score (nSPS) is 23.2. The monoisotopic (exact) mass is 226 g/mol. The SMILES string of the molecule is CNC1OC1c1c(N(C)C=O)ncn1CO. The highest BCUT2D eigenvalue weighted by Gasteiger charge is 2.43. The van der Waals surface area contributed by atoms with Gasteiger partial charge in [0.15, 0.2) is 5.82 Å². The van der Waals surface area contributed by atoms with E-state index < -0.39 is 0 Å². The highest BCUT2D eigenvalue weighted by atomic mass is 16.6. The van der Waals surface area contributed by atoms with Gasteiger partial charge in [-0.1, -0.05) is 0 Å². The van der Waals surface area contributed by atoms with E-state index in [2.05, 4.69) is 10.3 Å². The van der Waals surface area contributed by atoms with Gasteiger partial charge < -0.3 is 19.3 Å². The van der Waals surface area contributed by atoms with Gasteiger partial charge in [0, 0.05) is 7.05 Å². The van der Waals surface area contributed by atoms with Crippen molar-refractivity contribution >= 4 is 12.2 Å². The van der Waals surface area contributed by atoms with Gasteiger partial charge in [-0.25, -0.2) is 4.98 Å². The minimum Gasteiger partial charge on any atom is -0.376 e. The molecule has 1 fully saturated rings. The van der Waals surface area contributed by atoms with Crippen molar-refractivity contribution in [2.24, 2.45) is 0 Å². The van der Waals surface area contributed by atoms with Gasteiger partial charge in [0.25, 0.3) is 0 Å². The lowest BCUT2D eigenvalue weighted by atomic mass is 10.3. The van der Waals surface area contributed by atoms with Crippen LogP contribution in [0.25, 0.3) is 0 Å². The number of likely N-dealkylation sites (N-methyl/N-ethyl adjacent to an activating group) is 1. The van der Waals surface area contributed by atoms with Gasteiger partial charge in [-0.3, -0.25) is 10.1 Å². The highest BCUT2D eigenvalue weighted by molar-refractivity contribution is 5.73. The standard InChI is InChI=1S/C9H14N4O3/c1-10-9-7(16-9)6-8(12(2)4-14)11-3-13(6)5-15/h3-4,7,9-10,15H,5H2,1-2H3. The number of carbonyl (C=O) groups is 1. The molecule has 2 rings (SSSR count). The number of epoxide rings is 1. The minimum absolute atomic E-state index is 0.0826. The Labute approximate surface area is 92.6 Å². The lowest BCUT2D eigenvalue weighted by molar-refractivity contribution is -0.107. The van der Waals surface area contributed by atoms with Crippen LogP contribution in [0.15, 0.2) is 6.33 Å². The van der Waals surface area contributed by atoms with Crippen LogP contribution in [0.5, 0.6) is 0 Å². The van der Waals surface area contributed by atoms with Crippen molar-refractivity contribution in [1.82, 2.24) is 14.9 Å². The fourth-order valence-corrected chi connectivity index (χ4v) is 1.65. The number of hydrogen-bond acceptors (Lipinski definition) is 5. The molecule has 1 aromatic heterocycles. The van der Waals surface area contributed by atoms with E-state index >= 15 is 0 Å². The maximum atomic E-state index is 10.7. The number of hydrogen-bond donors (Lipinski definition) is 2. The first-order valence-corrected chi connectivity index (χ1v) is 4.89. The Bertz CT molecular complexity index is 392. The number of ether oxygens (including phenoxy) is 1. The van der Waals surface area contributed by atoms with E-state index in [1.54, 1.807) is 18.7 Å². The molecule has 1 aliphatic rings. The molecule has 0 radical (unpaired) electrons. The summed E-state index contributed by atoms with van der Waals surface area (Å²) in [6.45, 7) is -0.189. The van der Waals surface area contributed by atoms with E-state index in [4.69, 9.17) is 9.84 Å². The maximum Gasteiger partial charge on any atom is 0.215 e. The fourth-order valence-electron chi connectivity index (χ4n) is 1.65. The lowest BCUT2D eigenvalue weighted by Gasteiger charge is -2.10. The summed E-state index contributed by atoms with van der Waals surface area (Å²) in [6, 6.07) is 0. The Morgan fingerprint density at radius 3 is 3.06 bits per heavy atom. The van der Waals surface area contributed by atoms with Crippen LogP contribution in [-0.4, -0.2) is 41.4 Å². The molecule has 88 valence electrons. The van der Waals surface area contributed by atoms with Crippen molar-refractivity contribution in [2.75, 3.05) is 19.0 Å².